The van der Waals surface area contributed by atoms with Crippen LogP contribution in [0.4, 0.5) is 5.69 Å². The van der Waals surface area contributed by atoms with E-state index in [2.05, 4.69) is 25.8 Å². The van der Waals surface area contributed by atoms with Gasteiger partial charge in [0.15, 0.2) is 0 Å². The van der Waals surface area contributed by atoms with Gasteiger partial charge in [0.05, 0.1) is 22.3 Å². The predicted octanol–water partition coefficient (Wildman–Crippen LogP) is 1.54. The van der Waals surface area contributed by atoms with Crippen LogP contribution >= 0.6 is 27.3 Å². The number of nitrogens with one attached hydrogen (secondary N) is 1. The second-order valence-corrected chi connectivity index (χ2v) is 7.62. The van der Waals surface area contributed by atoms with Crippen LogP contribution in [0.15, 0.2) is 27.1 Å². The van der Waals surface area contributed by atoms with Gasteiger partial charge >= 0.3 is 0 Å². The van der Waals surface area contributed by atoms with Crippen LogP contribution in [0.2, 0.25) is 0 Å². The van der Waals surface area contributed by atoms with Crippen LogP contribution in [0.3, 0.4) is 0 Å². The third-order valence-electron chi connectivity index (χ3n) is 2.11. The Morgan fingerprint density at radius 3 is 2.83 bits per heavy atom. The maximum atomic E-state index is 12.1. The first-order valence-electron chi connectivity index (χ1n) is 4.83. The molecule has 0 aromatic carbocycles. The molecule has 0 aliphatic heterocycles. The molecule has 2 rings (SSSR count). The average molecular weight is 352 g/mol. The van der Waals surface area contributed by atoms with E-state index in [4.69, 9.17) is 5.11 Å². The first-order chi connectivity index (χ1) is 8.42. The zero-order valence-corrected chi connectivity index (χ0v) is 12.5. The quantitative estimate of drug-likeness (QED) is 0.874. The number of aryl methyl sites for hydroxylation is 1. The lowest BCUT2D eigenvalue weighted by molar-refractivity contribution is 0.285. The normalized spacial score (nSPS) is 11.7. The third kappa shape index (κ3) is 2.74. The zero-order valence-electron chi connectivity index (χ0n) is 9.29. The molecular formula is C9H10BrN3O3S2. The van der Waals surface area contributed by atoms with Crippen molar-refractivity contribution in [1.29, 1.82) is 0 Å². The highest BCUT2D eigenvalue weighted by Crippen LogP contribution is 2.32. The molecule has 18 heavy (non-hydrogen) atoms. The number of anilines is 1. The van der Waals surface area contributed by atoms with Gasteiger partial charge in [0.2, 0.25) is 0 Å². The molecule has 0 radical (unpaired) electrons. The molecule has 0 amide bonds. The highest BCUT2D eigenvalue weighted by Gasteiger charge is 2.21. The second kappa shape index (κ2) is 5.00. The number of sulfonamides is 1. The van der Waals surface area contributed by atoms with Gasteiger partial charge in [-0.2, -0.15) is 5.10 Å². The molecule has 2 N–H and O–H groups in total. The average Bonchev–Trinajstić information content (AvgIpc) is 2.84. The lowest BCUT2D eigenvalue weighted by Gasteiger charge is -2.03. The number of aliphatic hydroxyl groups excluding tert-OH is 1. The molecule has 0 fully saturated rings. The van der Waals surface area contributed by atoms with E-state index in [-0.39, 0.29) is 11.5 Å². The van der Waals surface area contributed by atoms with Crippen molar-refractivity contribution in [2.75, 3.05) is 4.72 Å². The van der Waals surface area contributed by atoms with E-state index in [0.717, 1.165) is 0 Å². The molecule has 9 heteroatoms. The van der Waals surface area contributed by atoms with E-state index in [0.29, 0.717) is 14.4 Å². The standard InChI is InChI=1S/C9H10BrN3O3S2/c1-13-4-6(3-11-13)12-18(15,16)8-2-7(5-14)17-9(8)10/h2-4,12,14H,5H2,1H3. The summed E-state index contributed by atoms with van der Waals surface area (Å²) in [5, 5.41) is 12.9. The third-order valence-corrected chi connectivity index (χ3v) is 5.73. The number of nitrogens with zero attached hydrogens (tertiary/aromatic N) is 2. The summed E-state index contributed by atoms with van der Waals surface area (Å²) in [5.74, 6) is 0. The van der Waals surface area contributed by atoms with Gasteiger partial charge in [0.25, 0.3) is 10.0 Å². The Bertz CT molecular complexity index is 662. The maximum absolute atomic E-state index is 12.1. The van der Waals surface area contributed by atoms with Crippen molar-refractivity contribution in [3.63, 3.8) is 0 Å². The van der Waals surface area contributed by atoms with Gasteiger partial charge in [-0.3, -0.25) is 9.40 Å². The monoisotopic (exact) mass is 351 g/mol. The minimum Gasteiger partial charge on any atom is -0.391 e. The minimum atomic E-state index is -3.67. The molecule has 0 bridgehead atoms. The van der Waals surface area contributed by atoms with Crippen LogP contribution < -0.4 is 4.72 Å². The Balaban J connectivity index is 2.33. The molecular weight excluding hydrogens is 342 g/mol. The summed E-state index contributed by atoms with van der Waals surface area (Å²) in [5.41, 5.74) is 0.390. The molecule has 2 aromatic rings. The van der Waals surface area contributed by atoms with Crippen molar-refractivity contribution in [1.82, 2.24) is 9.78 Å². The largest absolute Gasteiger partial charge is 0.391 e. The summed E-state index contributed by atoms with van der Waals surface area (Å²) in [6.45, 7) is -0.189. The van der Waals surface area contributed by atoms with Gasteiger partial charge in [-0.15, -0.1) is 11.3 Å². The van der Waals surface area contributed by atoms with Crippen LogP contribution in [0.1, 0.15) is 4.88 Å². The fraction of sp³-hybridized carbons (Fsp3) is 0.222. The van der Waals surface area contributed by atoms with Crippen LogP contribution in [0.5, 0.6) is 0 Å². The van der Waals surface area contributed by atoms with E-state index in [1.807, 2.05) is 0 Å². The topological polar surface area (TPSA) is 84.2 Å². The fourth-order valence-corrected chi connectivity index (χ4v) is 4.91. The summed E-state index contributed by atoms with van der Waals surface area (Å²) in [6.07, 6.45) is 2.98. The first-order valence-corrected chi connectivity index (χ1v) is 7.92. The van der Waals surface area contributed by atoms with Gasteiger partial charge in [-0.25, -0.2) is 8.42 Å². The van der Waals surface area contributed by atoms with Gasteiger partial charge in [0, 0.05) is 18.1 Å². The summed E-state index contributed by atoms with van der Waals surface area (Å²) in [4.78, 5) is 0.689. The molecule has 2 heterocycles. The SMILES string of the molecule is Cn1cc(NS(=O)(=O)c2cc(CO)sc2Br)cn1. The van der Waals surface area contributed by atoms with Crippen molar-refractivity contribution in [3.05, 3.63) is 27.1 Å². The molecule has 2 aromatic heterocycles. The van der Waals surface area contributed by atoms with E-state index >= 15 is 0 Å². The Morgan fingerprint density at radius 1 is 1.61 bits per heavy atom. The van der Waals surface area contributed by atoms with Crippen molar-refractivity contribution in [3.8, 4) is 0 Å². The first kappa shape index (κ1) is 13.5. The fourth-order valence-electron chi connectivity index (χ4n) is 1.34. The van der Waals surface area contributed by atoms with E-state index < -0.39 is 10.0 Å². The molecule has 0 aliphatic carbocycles. The van der Waals surface area contributed by atoms with Crippen LogP contribution in [0, 0.1) is 0 Å². The molecule has 6 nitrogen and oxygen atoms in total. The van der Waals surface area contributed by atoms with Gasteiger partial charge < -0.3 is 5.11 Å². The van der Waals surface area contributed by atoms with Crippen molar-refractivity contribution < 1.29 is 13.5 Å². The lowest BCUT2D eigenvalue weighted by atomic mass is 10.5. The number of hydrogen-bond acceptors (Lipinski definition) is 5. The Morgan fingerprint density at radius 2 is 2.33 bits per heavy atom. The number of halogens is 1. The number of rotatable bonds is 4. The predicted molar refractivity (Wildman–Crippen MR) is 72.0 cm³/mol. The molecule has 0 unspecified atom stereocenters. The van der Waals surface area contributed by atoms with Crippen molar-refractivity contribution in [2.24, 2.45) is 7.05 Å². The van der Waals surface area contributed by atoms with Crippen molar-refractivity contribution in [2.45, 2.75) is 11.5 Å². The smallest absolute Gasteiger partial charge is 0.263 e. The van der Waals surface area contributed by atoms with E-state index in [1.54, 1.807) is 13.2 Å². The van der Waals surface area contributed by atoms with Gasteiger partial charge in [-0.1, -0.05) is 0 Å². The number of thiophene rings is 1. The van der Waals surface area contributed by atoms with Crippen LogP contribution in [-0.2, 0) is 23.7 Å². The minimum absolute atomic E-state index is 0.111. The van der Waals surface area contributed by atoms with E-state index in [9.17, 15) is 8.42 Å². The Kier molecular flexibility index (Phi) is 3.76. The van der Waals surface area contributed by atoms with Crippen molar-refractivity contribution >= 4 is 43.0 Å². The molecule has 0 atom stereocenters. The summed E-state index contributed by atoms with van der Waals surface area (Å²) in [6, 6.07) is 1.44. The Labute approximate surface area is 116 Å². The summed E-state index contributed by atoms with van der Waals surface area (Å²) >= 11 is 4.36. The zero-order chi connectivity index (χ0) is 13.3. The second-order valence-electron chi connectivity index (χ2n) is 3.52. The van der Waals surface area contributed by atoms with Gasteiger partial charge in [0.1, 0.15) is 4.90 Å². The highest BCUT2D eigenvalue weighted by molar-refractivity contribution is 9.11. The molecule has 0 spiro atoms. The molecule has 0 saturated carbocycles. The van der Waals surface area contributed by atoms with Crippen LogP contribution in [0.25, 0.3) is 0 Å². The molecule has 0 aliphatic rings. The van der Waals surface area contributed by atoms with Gasteiger partial charge in [-0.05, 0) is 22.0 Å². The number of aliphatic hydroxyl groups is 1. The molecule has 98 valence electrons. The maximum Gasteiger partial charge on any atom is 0.263 e. The highest BCUT2D eigenvalue weighted by atomic mass is 79.9. The lowest BCUT2D eigenvalue weighted by Crippen LogP contribution is -2.12. The Hall–Kier alpha value is -0.900. The van der Waals surface area contributed by atoms with Crippen LogP contribution in [-0.4, -0.2) is 23.3 Å². The number of aromatic nitrogens is 2. The molecule has 0 saturated heterocycles. The summed E-state index contributed by atoms with van der Waals surface area (Å²) in [7, 11) is -1.97. The van der Waals surface area contributed by atoms with E-state index in [1.165, 1.54) is 28.3 Å². The number of hydrogen-bond donors (Lipinski definition) is 2. The summed E-state index contributed by atoms with van der Waals surface area (Å²) < 4.78 is 28.6.